The molecule has 0 unspecified atom stereocenters. The van der Waals surface area contributed by atoms with Crippen LogP contribution in [0.1, 0.15) is 0 Å². The van der Waals surface area contributed by atoms with Crippen LogP contribution in [-0.2, 0) is 0 Å². The molecular formula is C36H21FOS. The molecule has 0 saturated carbocycles. The summed E-state index contributed by atoms with van der Waals surface area (Å²) in [5, 5.41) is 6.50. The molecule has 0 saturated heterocycles. The van der Waals surface area contributed by atoms with Crippen molar-refractivity contribution in [3.05, 3.63) is 133 Å². The van der Waals surface area contributed by atoms with E-state index in [9.17, 15) is 4.39 Å². The van der Waals surface area contributed by atoms with E-state index in [1.807, 2.05) is 30.3 Å². The highest BCUT2D eigenvalue weighted by Gasteiger charge is 2.21. The lowest BCUT2D eigenvalue weighted by molar-refractivity contribution is 0.456. The maximum absolute atomic E-state index is 14.3. The molecule has 0 bridgehead atoms. The highest BCUT2D eigenvalue weighted by molar-refractivity contribution is 7.99. The number of hydrogen-bond donors (Lipinski definition) is 0. The first-order valence-corrected chi connectivity index (χ1v) is 13.8. The number of fused-ring (bicyclic) bond motifs is 8. The molecule has 1 heterocycles. The topological polar surface area (TPSA) is 9.23 Å². The van der Waals surface area contributed by atoms with Crippen LogP contribution in [0.15, 0.2) is 137 Å². The molecule has 39 heavy (non-hydrogen) atoms. The number of para-hydroxylation sites is 2. The molecule has 7 aromatic carbocycles. The molecule has 1 nitrogen and oxygen atoms in total. The molecule has 1 aliphatic heterocycles. The van der Waals surface area contributed by atoms with Gasteiger partial charge >= 0.3 is 0 Å². The van der Waals surface area contributed by atoms with Crippen molar-refractivity contribution < 1.29 is 9.13 Å². The van der Waals surface area contributed by atoms with E-state index in [1.54, 1.807) is 23.9 Å². The van der Waals surface area contributed by atoms with Crippen LogP contribution in [0, 0.1) is 5.82 Å². The van der Waals surface area contributed by atoms with Gasteiger partial charge in [-0.1, -0.05) is 96.7 Å². The van der Waals surface area contributed by atoms with Gasteiger partial charge in [0, 0.05) is 5.56 Å². The quantitative estimate of drug-likeness (QED) is 0.210. The molecule has 8 rings (SSSR count). The molecule has 3 heteroatoms. The van der Waals surface area contributed by atoms with Gasteiger partial charge in [0.25, 0.3) is 0 Å². The fourth-order valence-corrected chi connectivity index (χ4v) is 6.74. The molecule has 7 aromatic rings. The smallest absolute Gasteiger partial charge is 0.149 e. The molecule has 0 amide bonds. The Morgan fingerprint density at radius 1 is 0.462 bits per heavy atom. The first kappa shape index (κ1) is 22.4. The molecule has 0 aliphatic carbocycles. The summed E-state index contributed by atoms with van der Waals surface area (Å²) < 4.78 is 20.7. The van der Waals surface area contributed by atoms with Gasteiger partial charge in [-0.25, -0.2) is 4.39 Å². The number of rotatable bonds is 2. The average molecular weight is 521 g/mol. The maximum Gasteiger partial charge on any atom is 0.149 e. The first-order chi connectivity index (χ1) is 19.2. The number of benzene rings is 7. The van der Waals surface area contributed by atoms with Gasteiger partial charge in [-0.05, 0) is 91.5 Å². The standard InChI is InChI=1S/C36H21FOS/c37-25-16-18-29-27-9-1-2-10-28(27)31-20-23(15-17-30(31)32(29)21-25)22-7-5-8-24(19-22)26-11-6-14-35-36(26)38-33-12-3-4-13-34(33)39-35/h1-21H. The highest BCUT2D eigenvalue weighted by Crippen LogP contribution is 2.50. The van der Waals surface area contributed by atoms with Crippen molar-refractivity contribution in [2.24, 2.45) is 0 Å². The van der Waals surface area contributed by atoms with Crippen LogP contribution in [-0.4, -0.2) is 0 Å². The summed E-state index contributed by atoms with van der Waals surface area (Å²) in [6.07, 6.45) is 0. The van der Waals surface area contributed by atoms with Crippen molar-refractivity contribution >= 4 is 44.1 Å². The van der Waals surface area contributed by atoms with E-state index in [0.29, 0.717) is 0 Å². The Balaban J connectivity index is 1.29. The zero-order valence-electron chi connectivity index (χ0n) is 20.8. The molecule has 0 radical (unpaired) electrons. The van der Waals surface area contributed by atoms with E-state index < -0.39 is 0 Å². The molecule has 0 N–H and O–H groups in total. The second kappa shape index (κ2) is 8.72. The molecule has 184 valence electrons. The molecule has 0 atom stereocenters. The summed E-state index contributed by atoms with van der Waals surface area (Å²) >= 11 is 1.74. The summed E-state index contributed by atoms with van der Waals surface area (Å²) in [6, 6.07) is 43.1. The second-order valence-electron chi connectivity index (χ2n) is 9.86. The highest BCUT2D eigenvalue weighted by atomic mass is 32.2. The Bertz CT molecular complexity index is 2100. The Kier molecular flexibility index (Phi) is 5.01. The predicted molar refractivity (Wildman–Crippen MR) is 160 cm³/mol. The SMILES string of the molecule is Fc1ccc2c3ccccc3c3cc(-c4cccc(-c5cccc6c5Oc5ccccc5S6)c4)ccc3c2c1. The number of ether oxygens (including phenoxy) is 1. The third kappa shape index (κ3) is 3.62. The maximum atomic E-state index is 14.3. The lowest BCUT2D eigenvalue weighted by atomic mass is 9.91. The monoisotopic (exact) mass is 520 g/mol. The Morgan fingerprint density at radius 3 is 2.03 bits per heavy atom. The summed E-state index contributed by atoms with van der Waals surface area (Å²) in [6.45, 7) is 0. The fourth-order valence-electron chi connectivity index (χ4n) is 5.75. The van der Waals surface area contributed by atoms with Crippen molar-refractivity contribution in [3.63, 3.8) is 0 Å². The lowest BCUT2D eigenvalue weighted by Crippen LogP contribution is -1.97. The van der Waals surface area contributed by atoms with E-state index in [0.717, 1.165) is 70.5 Å². The molecular weight excluding hydrogens is 499 g/mol. The van der Waals surface area contributed by atoms with E-state index in [2.05, 4.69) is 84.9 Å². The van der Waals surface area contributed by atoms with Crippen molar-refractivity contribution in [2.75, 3.05) is 0 Å². The van der Waals surface area contributed by atoms with E-state index in [4.69, 9.17) is 4.74 Å². The van der Waals surface area contributed by atoms with Gasteiger partial charge in [0.15, 0.2) is 0 Å². The van der Waals surface area contributed by atoms with Crippen molar-refractivity contribution in [3.8, 4) is 33.8 Å². The van der Waals surface area contributed by atoms with Crippen LogP contribution >= 0.6 is 11.8 Å². The Morgan fingerprint density at radius 2 is 1.10 bits per heavy atom. The van der Waals surface area contributed by atoms with Crippen LogP contribution < -0.4 is 4.74 Å². The Labute approximate surface area is 229 Å². The lowest BCUT2D eigenvalue weighted by Gasteiger charge is -2.22. The molecule has 0 aromatic heterocycles. The fraction of sp³-hybridized carbons (Fsp3) is 0. The van der Waals surface area contributed by atoms with Gasteiger partial charge in [0.05, 0.1) is 9.79 Å². The van der Waals surface area contributed by atoms with Gasteiger partial charge in [-0.3, -0.25) is 0 Å². The predicted octanol–water partition coefficient (Wildman–Crippen LogP) is 10.9. The Hall–Kier alpha value is -4.60. The first-order valence-electron chi connectivity index (χ1n) is 13.0. The average Bonchev–Trinajstić information content (AvgIpc) is 2.99. The number of hydrogen-bond acceptors (Lipinski definition) is 2. The van der Waals surface area contributed by atoms with Crippen molar-refractivity contribution in [1.82, 2.24) is 0 Å². The third-order valence-electron chi connectivity index (χ3n) is 7.57. The van der Waals surface area contributed by atoms with Crippen LogP contribution in [0.25, 0.3) is 54.6 Å². The van der Waals surface area contributed by atoms with Crippen LogP contribution in [0.5, 0.6) is 11.5 Å². The second-order valence-corrected chi connectivity index (χ2v) is 10.9. The van der Waals surface area contributed by atoms with Crippen molar-refractivity contribution in [1.29, 1.82) is 0 Å². The summed E-state index contributed by atoms with van der Waals surface area (Å²) in [5.74, 6) is 1.57. The van der Waals surface area contributed by atoms with E-state index in [-0.39, 0.29) is 5.82 Å². The summed E-state index contributed by atoms with van der Waals surface area (Å²) in [4.78, 5) is 2.25. The van der Waals surface area contributed by atoms with Gasteiger partial charge in [-0.15, -0.1) is 0 Å². The summed E-state index contributed by atoms with van der Waals surface area (Å²) in [7, 11) is 0. The van der Waals surface area contributed by atoms with Gasteiger partial charge in [-0.2, -0.15) is 0 Å². The third-order valence-corrected chi connectivity index (χ3v) is 8.66. The largest absolute Gasteiger partial charge is 0.454 e. The molecule has 0 spiro atoms. The molecule has 0 fully saturated rings. The van der Waals surface area contributed by atoms with Crippen LogP contribution in [0.2, 0.25) is 0 Å². The normalized spacial score (nSPS) is 12.3. The van der Waals surface area contributed by atoms with Gasteiger partial charge < -0.3 is 4.74 Å². The van der Waals surface area contributed by atoms with Crippen molar-refractivity contribution in [2.45, 2.75) is 9.79 Å². The number of halogens is 1. The van der Waals surface area contributed by atoms with Crippen LogP contribution in [0.3, 0.4) is 0 Å². The van der Waals surface area contributed by atoms with E-state index >= 15 is 0 Å². The summed E-state index contributed by atoms with van der Waals surface area (Å²) in [5.41, 5.74) is 4.42. The minimum Gasteiger partial charge on any atom is -0.454 e. The van der Waals surface area contributed by atoms with Gasteiger partial charge in [0.1, 0.15) is 17.3 Å². The van der Waals surface area contributed by atoms with Gasteiger partial charge in [0.2, 0.25) is 0 Å². The zero-order valence-corrected chi connectivity index (χ0v) is 21.6. The van der Waals surface area contributed by atoms with E-state index in [1.165, 1.54) is 5.39 Å². The zero-order chi connectivity index (χ0) is 25.9. The van der Waals surface area contributed by atoms with Crippen LogP contribution in [0.4, 0.5) is 4.39 Å². The minimum absolute atomic E-state index is 0.218. The molecule has 1 aliphatic rings. The minimum atomic E-state index is -0.218.